The van der Waals surface area contributed by atoms with E-state index in [1.54, 1.807) is 20.8 Å². The fraction of sp³-hybridized carbons (Fsp3) is 0.471. The molecular weight excluding hydrogens is 312 g/mol. The van der Waals surface area contributed by atoms with Crippen LogP contribution in [0.4, 0.5) is 4.79 Å². The van der Waals surface area contributed by atoms with Crippen LogP contribution in [-0.4, -0.2) is 52.2 Å². The fourth-order valence-corrected chi connectivity index (χ4v) is 2.68. The summed E-state index contributed by atoms with van der Waals surface area (Å²) >= 11 is 0. The molecule has 0 spiro atoms. The summed E-state index contributed by atoms with van der Waals surface area (Å²) < 4.78 is 5.23. The molecule has 1 fully saturated rings. The third-order valence-electron chi connectivity index (χ3n) is 3.57. The van der Waals surface area contributed by atoms with E-state index < -0.39 is 29.1 Å². The molecule has 0 aliphatic carbocycles. The van der Waals surface area contributed by atoms with E-state index in [4.69, 9.17) is 9.84 Å². The number of hydrogen-bond acceptors (Lipinski definition) is 4. The Morgan fingerprint density at radius 2 is 1.92 bits per heavy atom. The van der Waals surface area contributed by atoms with E-state index in [0.29, 0.717) is 0 Å². The highest BCUT2D eigenvalue weighted by atomic mass is 16.6. The molecule has 130 valence electrons. The van der Waals surface area contributed by atoms with Crippen molar-refractivity contribution in [2.75, 3.05) is 13.1 Å². The summed E-state index contributed by atoms with van der Waals surface area (Å²) in [6.45, 7) is 4.94. The van der Waals surface area contributed by atoms with Gasteiger partial charge >= 0.3 is 12.1 Å². The molecule has 1 aromatic rings. The Balaban J connectivity index is 2.15. The van der Waals surface area contributed by atoms with Gasteiger partial charge in [0.15, 0.2) is 0 Å². The van der Waals surface area contributed by atoms with Crippen LogP contribution in [0.2, 0.25) is 0 Å². The number of alkyl carbamates (subject to hydrolysis) is 1. The number of carbonyl (C=O) groups excluding carboxylic acids is 2. The largest absolute Gasteiger partial charge is 0.480 e. The van der Waals surface area contributed by atoms with E-state index in [9.17, 15) is 14.4 Å². The lowest BCUT2D eigenvalue weighted by Crippen LogP contribution is -2.75. The standard InChI is InChI=1S/C17H22N2O5/c1-16(2,3)24-15(23)18-17(9-12-7-5-4-6-8-12)11-19(14(17)22)10-13(20)21/h4-8H,9-11H2,1-3H3,(H,18,23)(H,20,21)/t17-/m0/s1. The summed E-state index contributed by atoms with van der Waals surface area (Å²) in [5, 5.41) is 11.5. The van der Waals surface area contributed by atoms with Crippen LogP contribution < -0.4 is 5.32 Å². The number of carboxylic acid groups (broad SMARTS) is 1. The molecule has 0 unspecified atom stereocenters. The van der Waals surface area contributed by atoms with Crippen LogP contribution in [0.1, 0.15) is 26.3 Å². The van der Waals surface area contributed by atoms with Crippen LogP contribution in [0.15, 0.2) is 30.3 Å². The highest BCUT2D eigenvalue weighted by Gasteiger charge is 2.54. The Hall–Kier alpha value is -2.57. The van der Waals surface area contributed by atoms with E-state index in [-0.39, 0.29) is 19.5 Å². The summed E-state index contributed by atoms with van der Waals surface area (Å²) in [6, 6.07) is 9.25. The minimum absolute atomic E-state index is 0.131. The molecule has 1 aliphatic heterocycles. The zero-order chi connectivity index (χ0) is 18.0. The number of nitrogens with one attached hydrogen (secondary N) is 1. The number of carboxylic acids is 1. The minimum Gasteiger partial charge on any atom is -0.480 e. The van der Waals surface area contributed by atoms with Gasteiger partial charge in [-0.2, -0.15) is 0 Å². The van der Waals surface area contributed by atoms with E-state index in [1.807, 2.05) is 30.3 Å². The molecule has 24 heavy (non-hydrogen) atoms. The molecule has 0 bridgehead atoms. The smallest absolute Gasteiger partial charge is 0.408 e. The van der Waals surface area contributed by atoms with E-state index in [1.165, 1.54) is 4.90 Å². The van der Waals surface area contributed by atoms with Crippen LogP contribution in [0, 0.1) is 0 Å². The maximum Gasteiger partial charge on any atom is 0.408 e. The minimum atomic E-state index is -1.17. The van der Waals surface area contributed by atoms with Crippen LogP contribution >= 0.6 is 0 Å². The zero-order valence-electron chi connectivity index (χ0n) is 14.0. The van der Waals surface area contributed by atoms with Gasteiger partial charge < -0.3 is 20.1 Å². The molecular formula is C17H22N2O5. The van der Waals surface area contributed by atoms with Gasteiger partial charge in [0.25, 0.3) is 5.91 Å². The summed E-state index contributed by atoms with van der Waals surface area (Å²) in [7, 11) is 0. The molecule has 7 nitrogen and oxygen atoms in total. The van der Waals surface area contributed by atoms with E-state index in [2.05, 4.69) is 5.32 Å². The fourth-order valence-electron chi connectivity index (χ4n) is 2.68. The zero-order valence-corrected chi connectivity index (χ0v) is 14.0. The summed E-state index contributed by atoms with van der Waals surface area (Å²) in [5.74, 6) is -1.51. The second kappa shape index (κ2) is 6.51. The number of nitrogens with zero attached hydrogens (tertiary/aromatic N) is 1. The Kier molecular flexibility index (Phi) is 4.82. The molecule has 0 aromatic heterocycles. The quantitative estimate of drug-likeness (QED) is 0.794. The summed E-state index contributed by atoms with van der Waals surface area (Å²) in [6.07, 6.45) is -0.413. The van der Waals surface area contributed by atoms with Gasteiger partial charge in [0, 0.05) is 6.42 Å². The second-order valence-electron chi connectivity index (χ2n) is 6.93. The number of carbonyl (C=O) groups is 3. The van der Waals surface area contributed by atoms with Crippen LogP contribution in [0.3, 0.4) is 0 Å². The highest BCUT2D eigenvalue weighted by molar-refractivity contribution is 5.97. The molecule has 2 amide bonds. The lowest BCUT2D eigenvalue weighted by Gasteiger charge is -2.48. The number of hydrogen-bond donors (Lipinski definition) is 2. The predicted octanol–water partition coefficient (Wildman–Crippen LogP) is 1.42. The second-order valence-corrected chi connectivity index (χ2v) is 6.93. The lowest BCUT2D eigenvalue weighted by molar-refractivity contribution is -0.159. The average molecular weight is 334 g/mol. The Bertz CT molecular complexity index is 638. The Labute approximate surface area is 140 Å². The van der Waals surface area contributed by atoms with Gasteiger partial charge in [0.1, 0.15) is 17.7 Å². The SMILES string of the molecule is CC(C)(C)OC(=O)N[C@@]1(Cc2ccccc2)CN(CC(=O)O)C1=O. The Morgan fingerprint density at radius 3 is 2.42 bits per heavy atom. The van der Waals surface area contributed by atoms with E-state index in [0.717, 1.165) is 5.56 Å². The molecule has 2 rings (SSSR count). The van der Waals surface area contributed by atoms with Gasteiger partial charge in [-0.15, -0.1) is 0 Å². The molecule has 7 heteroatoms. The first-order chi connectivity index (χ1) is 11.1. The normalized spacial score (nSPS) is 20.3. The average Bonchev–Trinajstić information content (AvgIpc) is 2.45. The van der Waals surface area contributed by atoms with Crippen molar-refractivity contribution in [3.63, 3.8) is 0 Å². The number of β-lactam (4-membered cyclic amide) rings is 1. The van der Waals surface area contributed by atoms with Crippen molar-refractivity contribution < 1.29 is 24.2 Å². The van der Waals surface area contributed by atoms with Crippen molar-refractivity contribution >= 4 is 18.0 Å². The highest BCUT2D eigenvalue weighted by Crippen LogP contribution is 2.27. The van der Waals surface area contributed by atoms with Gasteiger partial charge in [0.2, 0.25) is 0 Å². The van der Waals surface area contributed by atoms with Crippen molar-refractivity contribution in [1.82, 2.24) is 10.2 Å². The first-order valence-corrected chi connectivity index (χ1v) is 7.68. The topological polar surface area (TPSA) is 95.9 Å². The molecule has 1 aliphatic rings. The molecule has 0 radical (unpaired) electrons. The van der Waals surface area contributed by atoms with Crippen LogP contribution in [0.25, 0.3) is 0 Å². The Morgan fingerprint density at radius 1 is 1.29 bits per heavy atom. The third kappa shape index (κ3) is 4.24. The van der Waals surface area contributed by atoms with Gasteiger partial charge in [0.05, 0.1) is 6.54 Å². The van der Waals surface area contributed by atoms with Crippen molar-refractivity contribution in [2.24, 2.45) is 0 Å². The van der Waals surface area contributed by atoms with Crippen LogP contribution in [0.5, 0.6) is 0 Å². The van der Waals surface area contributed by atoms with Gasteiger partial charge in [-0.3, -0.25) is 9.59 Å². The van der Waals surface area contributed by atoms with Gasteiger partial charge in [-0.1, -0.05) is 30.3 Å². The van der Waals surface area contributed by atoms with Crippen molar-refractivity contribution in [2.45, 2.75) is 38.3 Å². The number of ether oxygens (including phenoxy) is 1. The first-order valence-electron chi connectivity index (χ1n) is 7.68. The maximum absolute atomic E-state index is 12.5. The van der Waals surface area contributed by atoms with Crippen molar-refractivity contribution in [3.05, 3.63) is 35.9 Å². The van der Waals surface area contributed by atoms with Crippen molar-refractivity contribution in [3.8, 4) is 0 Å². The number of amides is 2. The van der Waals surface area contributed by atoms with E-state index >= 15 is 0 Å². The molecule has 1 atom stereocenters. The molecule has 1 aromatic carbocycles. The summed E-state index contributed by atoms with van der Waals surface area (Å²) in [4.78, 5) is 36.6. The lowest BCUT2D eigenvalue weighted by atomic mass is 9.82. The number of benzene rings is 1. The van der Waals surface area contributed by atoms with Gasteiger partial charge in [-0.05, 0) is 26.3 Å². The first kappa shape index (κ1) is 17.8. The van der Waals surface area contributed by atoms with Crippen molar-refractivity contribution in [1.29, 1.82) is 0 Å². The maximum atomic E-state index is 12.5. The molecule has 2 N–H and O–H groups in total. The monoisotopic (exact) mass is 334 g/mol. The van der Waals surface area contributed by atoms with Gasteiger partial charge in [-0.25, -0.2) is 4.79 Å². The number of likely N-dealkylation sites (tertiary alicyclic amines) is 1. The number of rotatable bonds is 5. The summed E-state index contributed by atoms with van der Waals surface area (Å²) in [5.41, 5.74) is -0.984. The molecule has 1 heterocycles. The molecule has 0 saturated carbocycles. The van der Waals surface area contributed by atoms with Crippen LogP contribution in [-0.2, 0) is 20.7 Å². The molecule has 1 saturated heterocycles. The number of aliphatic carboxylic acids is 1. The third-order valence-corrected chi connectivity index (χ3v) is 3.57. The predicted molar refractivity (Wildman–Crippen MR) is 86.5 cm³/mol.